The second-order valence-corrected chi connectivity index (χ2v) is 5.35. The molecule has 0 aliphatic heterocycles. The molecule has 1 unspecified atom stereocenters. The molecule has 0 aromatic carbocycles. The van der Waals surface area contributed by atoms with Crippen LogP contribution in [0.3, 0.4) is 0 Å². The Bertz CT molecular complexity index is 117. The van der Waals surface area contributed by atoms with Crippen molar-refractivity contribution in [3.8, 4) is 0 Å². The number of nitrogens with one attached hydrogen (secondary N) is 1. The molecule has 0 aromatic heterocycles. The monoisotopic (exact) mass is 206 g/mol. The van der Waals surface area contributed by atoms with Gasteiger partial charge >= 0.3 is 9.28 Å². The molecule has 1 fully saturated rings. The predicted octanol–water partition coefficient (Wildman–Crippen LogP) is 0.173. The third-order valence-electron chi connectivity index (χ3n) is 1.74. The van der Waals surface area contributed by atoms with Crippen LogP contribution in [-0.4, -0.2) is 35.7 Å². The van der Waals surface area contributed by atoms with E-state index >= 15 is 0 Å². The van der Waals surface area contributed by atoms with Gasteiger partial charge in [-0.15, -0.1) is 0 Å². The Labute approximate surface area is 82.6 Å². The van der Waals surface area contributed by atoms with Crippen LogP contribution in [0, 0.1) is 0 Å². The molecule has 1 rings (SSSR count). The molecule has 0 radical (unpaired) electrons. The number of nitrogens with two attached hydrogens (primary N) is 1. The molecule has 1 aliphatic carbocycles. The topological polar surface area (TPSA) is 56.5 Å². The highest BCUT2D eigenvalue weighted by atomic mass is 28.3. The van der Waals surface area contributed by atoms with Crippen molar-refractivity contribution < 1.29 is 8.85 Å². The summed E-state index contributed by atoms with van der Waals surface area (Å²) in [4.78, 5) is 0. The van der Waals surface area contributed by atoms with Crippen LogP contribution in [0.5, 0.6) is 0 Å². The number of hydrogen-bond acceptors (Lipinski definition) is 4. The fourth-order valence-corrected chi connectivity index (χ4v) is 0.910. The summed E-state index contributed by atoms with van der Waals surface area (Å²) >= 11 is 0. The zero-order valence-corrected chi connectivity index (χ0v) is 10.2. The molecule has 80 valence electrons. The van der Waals surface area contributed by atoms with Gasteiger partial charge in [0.1, 0.15) is 0 Å². The molecule has 13 heavy (non-hydrogen) atoms. The smallest absolute Gasteiger partial charge is 0.317 e. The Balaban J connectivity index is 0.000000226. The highest BCUT2D eigenvalue weighted by Crippen LogP contribution is 2.18. The Hall–Kier alpha value is 0.0569. The lowest BCUT2D eigenvalue weighted by molar-refractivity contribution is 0.285. The van der Waals surface area contributed by atoms with Crippen molar-refractivity contribution in [3.63, 3.8) is 0 Å². The zero-order chi connectivity index (χ0) is 10.3. The maximum atomic E-state index is 5.42. The van der Waals surface area contributed by atoms with E-state index in [-0.39, 0.29) is 6.17 Å². The highest BCUT2D eigenvalue weighted by Gasteiger charge is 2.20. The molecule has 3 N–H and O–H groups in total. The van der Waals surface area contributed by atoms with E-state index < -0.39 is 9.28 Å². The van der Waals surface area contributed by atoms with Crippen molar-refractivity contribution in [2.24, 2.45) is 5.73 Å². The van der Waals surface area contributed by atoms with Gasteiger partial charge in [-0.2, -0.15) is 0 Å². The van der Waals surface area contributed by atoms with E-state index in [1.54, 1.807) is 14.2 Å². The average Bonchev–Trinajstić information content (AvgIpc) is 2.87. The summed E-state index contributed by atoms with van der Waals surface area (Å²) in [5.41, 5.74) is 5.42. The summed E-state index contributed by atoms with van der Waals surface area (Å²) in [6, 6.07) is 0.750. The summed E-state index contributed by atoms with van der Waals surface area (Å²) in [5, 5.41) is 3.19. The molecule has 4 nitrogen and oxygen atoms in total. The van der Waals surface area contributed by atoms with Crippen molar-refractivity contribution in [1.82, 2.24) is 5.32 Å². The summed E-state index contributed by atoms with van der Waals surface area (Å²) in [5.74, 6) is 0. The van der Waals surface area contributed by atoms with E-state index in [4.69, 9.17) is 14.6 Å². The minimum Gasteiger partial charge on any atom is -0.400 e. The largest absolute Gasteiger partial charge is 0.400 e. The fourth-order valence-electron chi connectivity index (χ4n) is 0.718. The van der Waals surface area contributed by atoms with Gasteiger partial charge in [-0.25, -0.2) is 0 Å². The van der Waals surface area contributed by atoms with Crippen molar-refractivity contribution in [2.45, 2.75) is 38.5 Å². The second-order valence-electron chi connectivity index (χ2n) is 3.27. The minimum absolute atomic E-state index is 0.187. The van der Waals surface area contributed by atoms with E-state index in [2.05, 4.69) is 5.32 Å². The molecule has 0 amide bonds. The Kier molecular flexibility index (Phi) is 7.49. The molecule has 0 aromatic rings. The summed E-state index contributed by atoms with van der Waals surface area (Å²) in [7, 11) is 2.17. The lowest BCUT2D eigenvalue weighted by atomic mass is 10.5. The van der Waals surface area contributed by atoms with Crippen molar-refractivity contribution in [2.75, 3.05) is 14.2 Å². The van der Waals surface area contributed by atoms with Crippen LogP contribution in [0.2, 0.25) is 6.55 Å². The van der Waals surface area contributed by atoms with Gasteiger partial charge in [-0.3, -0.25) is 5.32 Å². The Morgan fingerprint density at radius 3 is 1.92 bits per heavy atom. The van der Waals surface area contributed by atoms with Gasteiger partial charge in [0, 0.05) is 20.3 Å². The van der Waals surface area contributed by atoms with Crippen LogP contribution in [0.1, 0.15) is 19.8 Å². The first kappa shape index (κ1) is 13.1. The zero-order valence-electron chi connectivity index (χ0n) is 9.04. The molecule has 1 aliphatic rings. The number of hydrogen-bond donors (Lipinski definition) is 2. The summed E-state index contributed by atoms with van der Waals surface area (Å²) in [6.07, 6.45) is 2.83. The normalized spacial score (nSPS) is 18.0. The standard InChI is InChI=1S/C5H12N2.C3H10O2Si/c1-4(6)7-5-2-3-5;1-4-6(3)5-2/h4-5,7H,2-3,6H2,1H3;6H,1-3H3. The summed E-state index contributed by atoms with van der Waals surface area (Å²) < 4.78 is 9.63. The van der Waals surface area contributed by atoms with Crippen molar-refractivity contribution in [1.29, 1.82) is 0 Å². The first-order chi connectivity index (χ1) is 6.10. The lowest BCUT2D eigenvalue weighted by Gasteiger charge is -2.03. The van der Waals surface area contributed by atoms with Crippen LogP contribution in [0.15, 0.2) is 0 Å². The molecule has 1 atom stereocenters. The Morgan fingerprint density at radius 1 is 1.38 bits per heavy atom. The van der Waals surface area contributed by atoms with Crippen LogP contribution in [0.4, 0.5) is 0 Å². The first-order valence-electron chi connectivity index (χ1n) is 4.67. The van der Waals surface area contributed by atoms with Crippen LogP contribution in [-0.2, 0) is 8.85 Å². The van der Waals surface area contributed by atoms with E-state index in [1.165, 1.54) is 12.8 Å². The molecule has 0 bridgehead atoms. The highest BCUT2D eigenvalue weighted by molar-refractivity contribution is 6.42. The average molecular weight is 206 g/mol. The predicted molar refractivity (Wildman–Crippen MR) is 56.8 cm³/mol. The van der Waals surface area contributed by atoms with E-state index in [0.717, 1.165) is 6.04 Å². The van der Waals surface area contributed by atoms with E-state index in [9.17, 15) is 0 Å². The van der Waals surface area contributed by atoms with Gasteiger partial charge < -0.3 is 14.6 Å². The molecule has 5 heteroatoms. The maximum Gasteiger partial charge on any atom is 0.317 e. The quantitative estimate of drug-likeness (QED) is 0.509. The number of rotatable bonds is 4. The van der Waals surface area contributed by atoms with Gasteiger partial charge in [0.15, 0.2) is 0 Å². The fraction of sp³-hybridized carbons (Fsp3) is 1.00. The lowest BCUT2D eigenvalue weighted by Crippen LogP contribution is -2.35. The maximum absolute atomic E-state index is 5.42. The van der Waals surface area contributed by atoms with E-state index in [0.29, 0.717) is 0 Å². The van der Waals surface area contributed by atoms with Crippen molar-refractivity contribution >= 4 is 9.28 Å². The Morgan fingerprint density at radius 2 is 1.85 bits per heavy atom. The second kappa shape index (κ2) is 7.46. The minimum atomic E-state index is -1.16. The molecule has 0 heterocycles. The van der Waals surface area contributed by atoms with Gasteiger partial charge in [0.25, 0.3) is 0 Å². The molecular formula is C8H22N2O2Si. The SMILES string of the molecule is CC(N)NC1CC1.CO[SiH](C)OC. The van der Waals surface area contributed by atoms with Gasteiger partial charge in [0.05, 0.1) is 6.17 Å². The molecular weight excluding hydrogens is 184 g/mol. The third-order valence-corrected chi connectivity index (χ3v) is 3.07. The molecule has 0 spiro atoms. The van der Waals surface area contributed by atoms with Gasteiger partial charge in [0.2, 0.25) is 0 Å². The summed E-state index contributed by atoms with van der Waals surface area (Å²) in [6.45, 7) is 3.94. The molecule has 0 saturated heterocycles. The van der Waals surface area contributed by atoms with Crippen LogP contribution in [0.25, 0.3) is 0 Å². The van der Waals surface area contributed by atoms with Crippen LogP contribution < -0.4 is 11.1 Å². The van der Waals surface area contributed by atoms with Gasteiger partial charge in [-0.05, 0) is 26.3 Å². The van der Waals surface area contributed by atoms with Crippen molar-refractivity contribution in [3.05, 3.63) is 0 Å². The van der Waals surface area contributed by atoms with E-state index in [1.807, 2.05) is 13.5 Å². The van der Waals surface area contributed by atoms with Crippen LogP contribution >= 0.6 is 0 Å². The van der Waals surface area contributed by atoms with Gasteiger partial charge in [-0.1, -0.05) is 0 Å². The first-order valence-corrected chi connectivity index (χ1v) is 6.77. The molecule has 1 saturated carbocycles. The third kappa shape index (κ3) is 9.97.